The lowest BCUT2D eigenvalue weighted by atomic mass is 9.78. The van der Waals surface area contributed by atoms with Gasteiger partial charge in [0.15, 0.2) is 0 Å². The van der Waals surface area contributed by atoms with Crippen LogP contribution < -0.4 is 5.32 Å². The third-order valence-corrected chi connectivity index (χ3v) is 4.43. The molecule has 17 heavy (non-hydrogen) atoms. The molecule has 0 aliphatic carbocycles. The average molecular weight is 254 g/mol. The highest BCUT2D eigenvalue weighted by Gasteiger charge is 2.27. The standard InChI is InChI=1S/C14H26N2S/c1-6-14(7-2,10-15-11(3)4)8-13-9-17-12(5)16-13/h9,11,15H,6-8,10H2,1-5H3. The normalized spacial score (nSPS) is 12.4. The van der Waals surface area contributed by atoms with Gasteiger partial charge in [-0.15, -0.1) is 11.3 Å². The molecular formula is C14H26N2S. The number of aryl methyl sites for hydroxylation is 1. The van der Waals surface area contributed by atoms with Crippen LogP contribution in [0.25, 0.3) is 0 Å². The Balaban J connectivity index is 2.69. The molecule has 0 bridgehead atoms. The van der Waals surface area contributed by atoms with E-state index < -0.39 is 0 Å². The van der Waals surface area contributed by atoms with Crippen molar-refractivity contribution in [3.8, 4) is 0 Å². The summed E-state index contributed by atoms with van der Waals surface area (Å²) in [5.74, 6) is 0. The number of nitrogens with one attached hydrogen (secondary N) is 1. The maximum atomic E-state index is 4.61. The van der Waals surface area contributed by atoms with Gasteiger partial charge < -0.3 is 5.32 Å². The van der Waals surface area contributed by atoms with Gasteiger partial charge in [-0.25, -0.2) is 4.98 Å². The van der Waals surface area contributed by atoms with Gasteiger partial charge in [-0.3, -0.25) is 0 Å². The predicted molar refractivity (Wildman–Crippen MR) is 76.7 cm³/mol. The molecule has 1 aromatic rings. The largest absolute Gasteiger partial charge is 0.314 e. The monoisotopic (exact) mass is 254 g/mol. The van der Waals surface area contributed by atoms with E-state index in [0.717, 1.165) is 13.0 Å². The van der Waals surface area contributed by atoms with Crippen LogP contribution in [-0.4, -0.2) is 17.6 Å². The van der Waals surface area contributed by atoms with Crippen molar-refractivity contribution in [1.29, 1.82) is 0 Å². The minimum Gasteiger partial charge on any atom is -0.314 e. The summed E-state index contributed by atoms with van der Waals surface area (Å²) in [7, 11) is 0. The fourth-order valence-corrected chi connectivity index (χ4v) is 2.72. The number of aromatic nitrogens is 1. The minimum absolute atomic E-state index is 0.366. The summed E-state index contributed by atoms with van der Waals surface area (Å²) in [5, 5.41) is 6.98. The Labute approximate surface area is 110 Å². The summed E-state index contributed by atoms with van der Waals surface area (Å²) < 4.78 is 0. The van der Waals surface area contributed by atoms with Crippen LogP contribution >= 0.6 is 11.3 Å². The van der Waals surface area contributed by atoms with E-state index in [9.17, 15) is 0 Å². The molecule has 3 heteroatoms. The van der Waals surface area contributed by atoms with Crippen molar-refractivity contribution in [3.05, 3.63) is 16.1 Å². The van der Waals surface area contributed by atoms with Crippen molar-refractivity contribution >= 4 is 11.3 Å². The van der Waals surface area contributed by atoms with E-state index in [1.807, 2.05) is 0 Å². The molecule has 0 aliphatic heterocycles. The summed E-state index contributed by atoms with van der Waals surface area (Å²) in [4.78, 5) is 4.61. The fraction of sp³-hybridized carbons (Fsp3) is 0.786. The molecule has 1 aromatic heterocycles. The van der Waals surface area contributed by atoms with Crippen LogP contribution in [0, 0.1) is 12.3 Å². The first kappa shape index (κ1) is 14.7. The number of rotatable bonds is 7. The van der Waals surface area contributed by atoms with Gasteiger partial charge in [-0.1, -0.05) is 27.7 Å². The van der Waals surface area contributed by atoms with E-state index >= 15 is 0 Å². The third-order valence-electron chi connectivity index (χ3n) is 3.61. The molecule has 98 valence electrons. The fourth-order valence-electron chi connectivity index (χ4n) is 2.11. The Kier molecular flexibility index (Phi) is 5.60. The molecule has 0 aromatic carbocycles. The van der Waals surface area contributed by atoms with Crippen LogP contribution in [0.3, 0.4) is 0 Å². The molecule has 2 nitrogen and oxygen atoms in total. The molecule has 0 radical (unpaired) electrons. The Morgan fingerprint density at radius 1 is 1.35 bits per heavy atom. The lowest BCUT2D eigenvalue weighted by Crippen LogP contribution is -2.38. The maximum absolute atomic E-state index is 4.61. The molecule has 0 unspecified atom stereocenters. The molecule has 0 spiro atoms. The smallest absolute Gasteiger partial charge is 0.0897 e. The zero-order valence-electron chi connectivity index (χ0n) is 11.8. The van der Waals surface area contributed by atoms with Gasteiger partial charge in [0, 0.05) is 18.0 Å². The second-order valence-corrected chi connectivity index (χ2v) is 6.34. The van der Waals surface area contributed by atoms with Crippen molar-refractivity contribution in [2.24, 2.45) is 5.41 Å². The number of hydrogen-bond acceptors (Lipinski definition) is 3. The van der Waals surface area contributed by atoms with Gasteiger partial charge in [-0.05, 0) is 31.6 Å². The van der Waals surface area contributed by atoms with Gasteiger partial charge >= 0.3 is 0 Å². The minimum atomic E-state index is 0.366. The van der Waals surface area contributed by atoms with Crippen LogP contribution in [0.4, 0.5) is 0 Å². The van der Waals surface area contributed by atoms with Crippen LogP contribution in [-0.2, 0) is 6.42 Å². The first-order chi connectivity index (χ1) is 8.01. The van der Waals surface area contributed by atoms with Crippen LogP contribution in [0.2, 0.25) is 0 Å². The molecule has 0 aliphatic rings. The zero-order chi connectivity index (χ0) is 12.9. The first-order valence-electron chi connectivity index (χ1n) is 6.65. The van der Waals surface area contributed by atoms with E-state index in [-0.39, 0.29) is 0 Å². The molecule has 0 fully saturated rings. The Bertz CT molecular complexity index is 327. The molecule has 1 rings (SSSR count). The van der Waals surface area contributed by atoms with Gasteiger partial charge in [0.25, 0.3) is 0 Å². The summed E-state index contributed by atoms with van der Waals surface area (Å²) in [6.07, 6.45) is 3.52. The lowest BCUT2D eigenvalue weighted by molar-refractivity contribution is 0.237. The second kappa shape index (κ2) is 6.50. The zero-order valence-corrected chi connectivity index (χ0v) is 12.7. The van der Waals surface area contributed by atoms with Crippen molar-refractivity contribution in [1.82, 2.24) is 10.3 Å². The van der Waals surface area contributed by atoms with Crippen molar-refractivity contribution in [2.75, 3.05) is 6.54 Å². The van der Waals surface area contributed by atoms with E-state index in [1.165, 1.54) is 23.5 Å². The van der Waals surface area contributed by atoms with Crippen LogP contribution in [0.5, 0.6) is 0 Å². The van der Waals surface area contributed by atoms with E-state index in [0.29, 0.717) is 11.5 Å². The third kappa shape index (κ3) is 4.40. The Morgan fingerprint density at radius 3 is 2.41 bits per heavy atom. The molecule has 0 saturated heterocycles. The lowest BCUT2D eigenvalue weighted by Gasteiger charge is -2.32. The van der Waals surface area contributed by atoms with Gasteiger partial charge in [0.1, 0.15) is 0 Å². The highest BCUT2D eigenvalue weighted by molar-refractivity contribution is 7.09. The van der Waals surface area contributed by atoms with Crippen molar-refractivity contribution < 1.29 is 0 Å². The average Bonchev–Trinajstić information content (AvgIpc) is 2.70. The highest BCUT2D eigenvalue weighted by Crippen LogP contribution is 2.30. The number of nitrogens with zero attached hydrogens (tertiary/aromatic N) is 1. The van der Waals surface area contributed by atoms with Crippen molar-refractivity contribution in [2.45, 2.75) is 59.9 Å². The molecule has 1 heterocycles. The molecular weight excluding hydrogens is 228 g/mol. The van der Waals surface area contributed by atoms with E-state index in [4.69, 9.17) is 0 Å². The quantitative estimate of drug-likeness (QED) is 0.800. The summed E-state index contributed by atoms with van der Waals surface area (Å²) in [6.45, 7) is 12.2. The summed E-state index contributed by atoms with van der Waals surface area (Å²) in [5.41, 5.74) is 1.63. The van der Waals surface area contributed by atoms with Gasteiger partial charge in [0.2, 0.25) is 0 Å². The Morgan fingerprint density at radius 2 is 2.00 bits per heavy atom. The van der Waals surface area contributed by atoms with Crippen LogP contribution in [0.1, 0.15) is 51.2 Å². The van der Waals surface area contributed by atoms with Gasteiger partial charge in [0.05, 0.1) is 10.7 Å². The topological polar surface area (TPSA) is 24.9 Å². The molecule has 0 saturated carbocycles. The van der Waals surface area contributed by atoms with Crippen LogP contribution in [0.15, 0.2) is 5.38 Å². The van der Waals surface area contributed by atoms with Crippen molar-refractivity contribution in [3.63, 3.8) is 0 Å². The number of thiazole rings is 1. The van der Waals surface area contributed by atoms with E-state index in [2.05, 4.69) is 50.3 Å². The summed E-state index contributed by atoms with van der Waals surface area (Å²) in [6, 6.07) is 0.560. The van der Waals surface area contributed by atoms with E-state index in [1.54, 1.807) is 11.3 Å². The summed E-state index contributed by atoms with van der Waals surface area (Å²) >= 11 is 1.76. The first-order valence-corrected chi connectivity index (χ1v) is 7.53. The Hall–Kier alpha value is -0.410. The molecule has 1 N–H and O–H groups in total. The molecule has 0 atom stereocenters. The second-order valence-electron chi connectivity index (χ2n) is 5.28. The maximum Gasteiger partial charge on any atom is 0.0897 e. The SMILES string of the molecule is CCC(CC)(CNC(C)C)Cc1csc(C)n1. The predicted octanol–water partition coefficient (Wildman–Crippen LogP) is 3.80. The highest BCUT2D eigenvalue weighted by atomic mass is 32.1. The van der Waals surface area contributed by atoms with Gasteiger partial charge in [-0.2, -0.15) is 0 Å². The number of hydrogen-bond donors (Lipinski definition) is 1. The molecule has 0 amide bonds.